The van der Waals surface area contributed by atoms with Gasteiger partial charge in [0.25, 0.3) is 0 Å². The number of nitrogens with one attached hydrogen (secondary N) is 2. The summed E-state index contributed by atoms with van der Waals surface area (Å²) in [6, 6.07) is 5.94. The summed E-state index contributed by atoms with van der Waals surface area (Å²) in [6.07, 6.45) is -3.60. The Morgan fingerprint density at radius 3 is 2.50 bits per heavy atom. The molecule has 1 aromatic carbocycles. The molecule has 7 nitrogen and oxygen atoms in total. The van der Waals surface area contributed by atoms with Gasteiger partial charge >= 0.3 is 6.18 Å². The highest BCUT2D eigenvalue weighted by Gasteiger charge is 2.34. The molecule has 1 aliphatic heterocycles. The van der Waals surface area contributed by atoms with E-state index < -0.39 is 22.7 Å². The van der Waals surface area contributed by atoms with Crippen LogP contribution in [0.2, 0.25) is 0 Å². The normalized spacial score (nSPS) is 18.6. The van der Waals surface area contributed by atoms with Crippen LogP contribution in [0.4, 0.5) is 13.2 Å². The first-order chi connectivity index (χ1) is 12.6. The van der Waals surface area contributed by atoms with Gasteiger partial charge in [-0.05, 0) is 31.0 Å². The number of likely N-dealkylation sites (tertiary alicyclic amines) is 1. The number of sulfonamides is 1. The molecule has 0 aromatic heterocycles. The minimum atomic E-state index is -4.20. The lowest BCUT2D eigenvalue weighted by molar-refractivity contribution is -0.143. The fourth-order valence-electron chi connectivity index (χ4n) is 2.82. The molecule has 1 fully saturated rings. The second-order valence-corrected chi connectivity index (χ2v) is 7.93. The molecule has 1 aromatic rings. The number of hydrogen-bond donors (Lipinski definition) is 3. The summed E-state index contributed by atoms with van der Waals surface area (Å²) in [5.74, 6) is 0.506. The van der Waals surface area contributed by atoms with Gasteiger partial charge in [0, 0.05) is 25.7 Å². The highest BCUT2D eigenvalue weighted by molar-refractivity contribution is 14.0. The summed E-state index contributed by atoms with van der Waals surface area (Å²) in [5.41, 5.74) is 0.782. The molecular weight excluding hydrogens is 510 g/mol. The van der Waals surface area contributed by atoms with Gasteiger partial charge in [-0.15, -0.1) is 24.0 Å². The van der Waals surface area contributed by atoms with Gasteiger partial charge < -0.3 is 10.6 Å². The summed E-state index contributed by atoms with van der Waals surface area (Å²) >= 11 is 0. The molecule has 0 spiro atoms. The number of nitrogens with zero attached hydrogens (tertiary/aromatic N) is 2. The minimum Gasteiger partial charge on any atom is -0.357 e. The second-order valence-electron chi connectivity index (χ2n) is 6.36. The van der Waals surface area contributed by atoms with Gasteiger partial charge in [-0.25, -0.2) is 18.5 Å². The third-order valence-electron chi connectivity index (χ3n) is 4.03. The van der Waals surface area contributed by atoms with E-state index >= 15 is 0 Å². The summed E-state index contributed by atoms with van der Waals surface area (Å²) in [6.45, 7) is 2.56. The van der Waals surface area contributed by atoms with Gasteiger partial charge in [0.2, 0.25) is 10.0 Å². The molecule has 1 unspecified atom stereocenters. The highest BCUT2D eigenvalue weighted by Crippen LogP contribution is 2.20. The van der Waals surface area contributed by atoms with Crippen molar-refractivity contribution >= 4 is 40.0 Å². The van der Waals surface area contributed by atoms with E-state index in [0.717, 1.165) is 5.56 Å². The summed E-state index contributed by atoms with van der Waals surface area (Å²) in [7, 11) is -3.74. The Morgan fingerprint density at radius 2 is 1.96 bits per heavy atom. The van der Waals surface area contributed by atoms with Crippen LogP contribution in [0.25, 0.3) is 0 Å². The van der Waals surface area contributed by atoms with Gasteiger partial charge in [0.05, 0.1) is 18.0 Å². The number of primary sulfonamides is 1. The summed E-state index contributed by atoms with van der Waals surface area (Å²) in [5, 5.41) is 11.3. The predicted molar refractivity (Wildman–Crippen MR) is 112 cm³/mol. The van der Waals surface area contributed by atoms with Crippen LogP contribution in [0.3, 0.4) is 0 Å². The van der Waals surface area contributed by atoms with Crippen molar-refractivity contribution < 1.29 is 21.6 Å². The molecule has 1 atom stereocenters. The van der Waals surface area contributed by atoms with E-state index in [1.165, 1.54) is 17.0 Å². The first-order valence-electron chi connectivity index (χ1n) is 8.52. The van der Waals surface area contributed by atoms with Crippen molar-refractivity contribution in [3.05, 3.63) is 29.8 Å². The zero-order valence-corrected chi connectivity index (χ0v) is 18.5. The SMILES string of the molecule is CCNC(=NCc1ccc(S(N)(=O)=O)cc1)NC1CCN(CC(F)(F)F)C1.I. The Kier molecular flexibility index (Phi) is 9.43. The fraction of sp³-hybridized carbons (Fsp3) is 0.562. The first kappa shape index (κ1) is 24.9. The van der Waals surface area contributed by atoms with Crippen LogP contribution >= 0.6 is 24.0 Å². The zero-order valence-electron chi connectivity index (χ0n) is 15.4. The molecule has 1 aliphatic rings. The Hall–Kier alpha value is -1.12. The molecule has 0 saturated carbocycles. The van der Waals surface area contributed by atoms with E-state index in [-0.39, 0.29) is 34.9 Å². The second kappa shape index (κ2) is 10.6. The van der Waals surface area contributed by atoms with Crippen LogP contribution in [0.1, 0.15) is 18.9 Å². The molecule has 12 heteroatoms. The lowest BCUT2D eigenvalue weighted by Crippen LogP contribution is -2.45. The third-order valence-corrected chi connectivity index (χ3v) is 4.96. The summed E-state index contributed by atoms with van der Waals surface area (Å²) < 4.78 is 60.0. The summed E-state index contributed by atoms with van der Waals surface area (Å²) in [4.78, 5) is 5.80. The lowest BCUT2D eigenvalue weighted by atomic mass is 10.2. The van der Waals surface area contributed by atoms with E-state index in [2.05, 4.69) is 15.6 Å². The molecule has 0 bridgehead atoms. The number of nitrogens with two attached hydrogens (primary N) is 1. The Balaban J connectivity index is 0.00000392. The van der Waals surface area contributed by atoms with Crippen LogP contribution in [0, 0.1) is 0 Å². The molecule has 1 saturated heterocycles. The highest BCUT2D eigenvalue weighted by atomic mass is 127. The monoisotopic (exact) mass is 535 g/mol. The average Bonchev–Trinajstić information content (AvgIpc) is 2.97. The van der Waals surface area contributed by atoms with Crippen LogP contribution < -0.4 is 15.8 Å². The molecule has 1 heterocycles. The molecule has 4 N–H and O–H groups in total. The smallest absolute Gasteiger partial charge is 0.357 e. The van der Waals surface area contributed by atoms with Crippen LogP contribution in [-0.2, 0) is 16.6 Å². The maximum Gasteiger partial charge on any atom is 0.401 e. The van der Waals surface area contributed by atoms with Gasteiger partial charge in [0.1, 0.15) is 0 Å². The molecule has 28 heavy (non-hydrogen) atoms. The van der Waals surface area contributed by atoms with Crippen molar-refractivity contribution in [1.82, 2.24) is 15.5 Å². The molecule has 160 valence electrons. The molecular formula is C16H25F3IN5O2S. The molecule has 0 aliphatic carbocycles. The van der Waals surface area contributed by atoms with Crippen LogP contribution in [0.5, 0.6) is 0 Å². The van der Waals surface area contributed by atoms with Crippen molar-refractivity contribution in [2.75, 3.05) is 26.2 Å². The van der Waals surface area contributed by atoms with E-state index in [9.17, 15) is 21.6 Å². The number of aliphatic imine (C=N–C) groups is 1. The van der Waals surface area contributed by atoms with E-state index in [1.807, 2.05) is 6.92 Å². The first-order valence-corrected chi connectivity index (χ1v) is 10.1. The van der Waals surface area contributed by atoms with Gasteiger partial charge in [0.15, 0.2) is 5.96 Å². The number of halogens is 4. The number of hydrogen-bond acceptors (Lipinski definition) is 4. The van der Waals surface area contributed by atoms with Gasteiger partial charge in [-0.1, -0.05) is 12.1 Å². The largest absolute Gasteiger partial charge is 0.401 e. The fourth-order valence-corrected chi connectivity index (χ4v) is 3.33. The van der Waals surface area contributed by atoms with E-state index in [1.54, 1.807) is 12.1 Å². The van der Waals surface area contributed by atoms with Crippen molar-refractivity contribution in [3.63, 3.8) is 0 Å². The maximum atomic E-state index is 12.5. The topological polar surface area (TPSA) is 99.8 Å². The minimum absolute atomic E-state index is 0. The van der Waals surface area contributed by atoms with Crippen molar-refractivity contribution in [2.24, 2.45) is 10.1 Å². The Morgan fingerprint density at radius 1 is 1.32 bits per heavy atom. The Labute approximate surface area is 180 Å². The van der Waals surface area contributed by atoms with Crippen molar-refractivity contribution in [2.45, 2.75) is 37.0 Å². The quantitative estimate of drug-likeness (QED) is 0.292. The van der Waals surface area contributed by atoms with Crippen molar-refractivity contribution in [3.8, 4) is 0 Å². The molecule has 0 radical (unpaired) electrons. The lowest BCUT2D eigenvalue weighted by Gasteiger charge is -2.19. The van der Waals surface area contributed by atoms with Gasteiger partial charge in [-0.2, -0.15) is 13.2 Å². The van der Waals surface area contributed by atoms with E-state index in [4.69, 9.17) is 5.14 Å². The standard InChI is InChI=1S/C16H24F3N5O2S.HI/c1-2-21-15(23-13-7-8-24(10-13)11-16(17,18)19)22-9-12-3-5-14(6-4-12)27(20,25)26;/h3-6,13H,2,7-11H2,1H3,(H2,20,25,26)(H2,21,22,23);1H. The third kappa shape index (κ3) is 8.49. The maximum absolute atomic E-state index is 12.5. The van der Waals surface area contributed by atoms with E-state index in [0.29, 0.717) is 38.6 Å². The number of alkyl halides is 3. The van der Waals surface area contributed by atoms with Gasteiger partial charge in [-0.3, -0.25) is 4.90 Å². The van der Waals surface area contributed by atoms with Crippen LogP contribution in [-0.4, -0.2) is 57.7 Å². The molecule has 2 rings (SSSR count). The average molecular weight is 535 g/mol. The molecule has 0 amide bonds. The zero-order chi connectivity index (χ0) is 20.1. The number of rotatable bonds is 6. The Bertz CT molecular complexity index is 757. The van der Waals surface area contributed by atoms with Crippen molar-refractivity contribution in [1.29, 1.82) is 0 Å². The predicted octanol–water partition coefficient (Wildman–Crippen LogP) is 1.64. The van der Waals surface area contributed by atoms with Crippen LogP contribution in [0.15, 0.2) is 34.2 Å². The number of benzene rings is 1. The number of guanidine groups is 1.